The molecule has 0 saturated carbocycles. The number of aromatic carboxylic acids is 1. The SMILES string of the molecule is CCCCCCCCCCNc1cc(C(F)(F)F)cc(Br)c1NC.CCS(=O)(=O)c1cccnc1C(=O)O. The summed E-state index contributed by atoms with van der Waals surface area (Å²) in [5.74, 6) is -1.48. The number of nitrogens with one attached hydrogen (secondary N) is 2. The van der Waals surface area contributed by atoms with Gasteiger partial charge in [0.05, 0.1) is 27.6 Å². The number of anilines is 2. The summed E-state index contributed by atoms with van der Waals surface area (Å²) in [6.07, 6.45) is 6.56. The predicted octanol–water partition coefficient (Wildman–Crippen LogP) is 7.64. The summed E-state index contributed by atoms with van der Waals surface area (Å²) in [7, 11) is -1.81. The molecule has 0 amide bonds. The number of carboxylic acids is 1. The van der Waals surface area contributed by atoms with Crippen LogP contribution in [0.4, 0.5) is 24.5 Å². The Morgan fingerprint density at radius 3 is 2.18 bits per heavy atom. The Morgan fingerprint density at radius 2 is 1.66 bits per heavy atom. The molecule has 0 unspecified atom stereocenters. The van der Waals surface area contributed by atoms with Gasteiger partial charge in [0.2, 0.25) is 0 Å². The molecule has 1 aromatic heterocycles. The normalized spacial score (nSPS) is 11.4. The second-order valence-corrected chi connectivity index (χ2v) is 11.7. The third kappa shape index (κ3) is 11.2. The van der Waals surface area contributed by atoms with Crippen molar-refractivity contribution >= 4 is 43.1 Å². The average Bonchev–Trinajstić information content (AvgIpc) is 2.87. The molecule has 0 aliphatic rings. The molecular weight excluding hydrogens is 587 g/mol. The Morgan fingerprint density at radius 1 is 1.05 bits per heavy atom. The van der Waals surface area contributed by atoms with Crippen LogP contribution in [-0.2, 0) is 16.0 Å². The lowest BCUT2D eigenvalue weighted by Crippen LogP contribution is -2.12. The number of benzene rings is 1. The maximum absolute atomic E-state index is 12.9. The summed E-state index contributed by atoms with van der Waals surface area (Å²) >= 11 is 3.21. The van der Waals surface area contributed by atoms with Gasteiger partial charge in [0, 0.05) is 24.3 Å². The number of alkyl halides is 3. The van der Waals surface area contributed by atoms with Crippen molar-refractivity contribution in [3.05, 3.63) is 46.2 Å². The molecular formula is C26H37BrF3N3O4S. The summed E-state index contributed by atoms with van der Waals surface area (Å²) in [5, 5.41) is 14.8. The third-order valence-corrected chi connectivity index (χ3v) is 8.09. The molecule has 0 aliphatic carbocycles. The maximum Gasteiger partial charge on any atom is 0.416 e. The molecule has 38 heavy (non-hydrogen) atoms. The first kappa shape index (κ1) is 33.7. The zero-order valence-corrected chi connectivity index (χ0v) is 24.4. The van der Waals surface area contributed by atoms with Crippen molar-refractivity contribution in [2.75, 3.05) is 30.0 Å². The molecule has 0 bridgehead atoms. The van der Waals surface area contributed by atoms with E-state index in [0.29, 0.717) is 22.4 Å². The van der Waals surface area contributed by atoms with Crippen LogP contribution >= 0.6 is 15.9 Å². The smallest absolute Gasteiger partial charge is 0.416 e. The van der Waals surface area contributed by atoms with Gasteiger partial charge in [0.25, 0.3) is 0 Å². The molecule has 3 N–H and O–H groups in total. The van der Waals surface area contributed by atoms with Gasteiger partial charge in [0.15, 0.2) is 15.5 Å². The lowest BCUT2D eigenvalue weighted by Gasteiger charge is -2.17. The number of unbranched alkanes of at least 4 members (excludes halogenated alkanes) is 7. The molecule has 12 heteroatoms. The van der Waals surface area contributed by atoms with Gasteiger partial charge < -0.3 is 15.7 Å². The molecule has 0 aliphatic heterocycles. The summed E-state index contributed by atoms with van der Waals surface area (Å²) < 4.78 is 62.1. The Balaban J connectivity index is 0.000000437. The number of hydrogen-bond acceptors (Lipinski definition) is 6. The van der Waals surface area contributed by atoms with Gasteiger partial charge in [-0.3, -0.25) is 0 Å². The monoisotopic (exact) mass is 623 g/mol. The lowest BCUT2D eigenvalue weighted by molar-refractivity contribution is -0.137. The fourth-order valence-corrected chi connectivity index (χ4v) is 5.29. The molecule has 7 nitrogen and oxygen atoms in total. The third-order valence-electron chi connectivity index (χ3n) is 5.70. The van der Waals surface area contributed by atoms with Crippen molar-refractivity contribution in [3.8, 4) is 0 Å². The molecule has 1 heterocycles. The summed E-state index contributed by atoms with van der Waals surface area (Å²) in [6.45, 7) is 4.34. The first-order valence-corrected chi connectivity index (χ1v) is 15.1. The minimum atomic E-state index is -4.34. The van der Waals surface area contributed by atoms with E-state index in [1.165, 1.54) is 69.8 Å². The Hall–Kier alpha value is -2.34. The largest absolute Gasteiger partial charge is 0.476 e. The molecule has 0 atom stereocenters. The van der Waals surface area contributed by atoms with E-state index in [1.807, 2.05) is 0 Å². The number of nitrogens with zero attached hydrogens (tertiary/aromatic N) is 1. The highest BCUT2D eigenvalue weighted by Gasteiger charge is 2.32. The first-order chi connectivity index (χ1) is 17.9. The fraction of sp³-hybridized carbons (Fsp3) is 0.538. The molecule has 0 radical (unpaired) electrons. The Bertz CT molecular complexity index is 1130. The van der Waals surface area contributed by atoms with Crippen LogP contribution in [-0.4, -0.2) is 43.8 Å². The molecule has 2 aromatic rings. The van der Waals surface area contributed by atoms with Crippen molar-refractivity contribution in [1.29, 1.82) is 0 Å². The van der Waals surface area contributed by atoms with Crippen LogP contribution in [0.5, 0.6) is 0 Å². The molecule has 2 rings (SSSR count). The number of aromatic nitrogens is 1. The second kappa shape index (κ2) is 16.6. The van der Waals surface area contributed by atoms with Crippen molar-refractivity contribution in [3.63, 3.8) is 0 Å². The number of sulfone groups is 1. The standard InChI is InChI=1S/C18H28BrF3N2.C8H9NO4S/c1-3-4-5-6-7-8-9-10-11-24-16-13-14(18(20,21)22)12-15(19)17(16)23-2;1-2-14(12,13)6-4-3-5-9-7(6)8(10)11/h12-13,23-24H,3-11H2,1-2H3;3-5H,2H2,1H3,(H,10,11). The Kier molecular flexibility index (Phi) is 14.7. The van der Waals surface area contributed by atoms with E-state index in [0.717, 1.165) is 18.9 Å². The highest BCUT2D eigenvalue weighted by atomic mass is 79.9. The Labute approximate surface area is 231 Å². The minimum Gasteiger partial charge on any atom is -0.476 e. The number of carbonyl (C=O) groups is 1. The van der Waals surface area contributed by atoms with E-state index in [2.05, 4.69) is 38.5 Å². The zero-order valence-electron chi connectivity index (χ0n) is 22.0. The van der Waals surface area contributed by atoms with Crippen LogP contribution in [0.15, 0.2) is 39.8 Å². The van der Waals surface area contributed by atoms with Crippen molar-refractivity contribution in [2.24, 2.45) is 0 Å². The van der Waals surface area contributed by atoms with Gasteiger partial charge in [-0.2, -0.15) is 13.2 Å². The van der Waals surface area contributed by atoms with Gasteiger partial charge in [-0.15, -0.1) is 0 Å². The van der Waals surface area contributed by atoms with Crippen LogP contribution in [0.2, 0.25) is 0 Å². The number of pyridine rings is 1. The van der Waals surface area contributed by atoms with Crippen LogP contribution in [0.3, 0.4) is 0 Å². The summed E-state index contributed by atoms with van der Waals surface area (Å²) in [6, 6.07) is 4.92. The average molecular weight is 625 g/mol. The minimum absolute atomic E-state index is 0.140. The topological polar surface area (TPSA) is 108 Å². The van der Waals surface area contributed by atoms with Gasteiger partial charge in [-0.25, -0.2) is 18.2 Å². The van der Waals surface area contributed by atoms with E-state index in [9.17, 15) is 26.4 Å². The second-order valence-electron chi connectivity index (χ2n) is 8.59. The van der Waals surface area contributed by atoms with E-state index in [4.69, 9.17) is 5.11 Å². The highest BCUT2D eigenvalue weighted by Crippen LogP contribution is 2.38. The number of carboxylic acid groups (broad SMARTS) is 1. The molecule has 0 fully saturated rings. The zero-order chi connectivity index (χ0) is 28.8. The quantitative estimate of drug-likeness (QED) is 0.186. The van der Waals surface area contributed by atoms with Crippen molar-refractivity contribution < 1.29 is 31.5 Å². The predicted molar refractivity (Wildman–Crippen MR) is 149 cm³/mol. The summed E-state index contributed by atoms with van der Waals surface area (Å²) in [4.78, 5) is 13.9. The number of halogens is 4. The fourth-order valence-electron chi connectivity index (χ4n) is 3.60. The molecule has 1 aromatic carbocycles. The van der Waals surface area contributed by atoms with Crippen LogP contribution in [0.25, 0.3) is 0 Å². The van der Waals surface area contributed by atoms with Gasteiger partial charge >= 0.3 is 12.1 Å². The molecule has 214 valence electrons. The van der Waals surface area contributed by atoms with Gasteiger partial charge in [-0.05, 0) is 46.6 Å². The van der Waals surface area contributed by atoms with Crippen molar-refractivity contribution in [1.82, 2.24) is 4.98 Å². The van der Waals surface area contributed by atoms with E-state index < -0.39 is 33.2 Å². The van der Waals surface area contributed by atoms with Crippen LogP contribution < -0.4 is 10.6 Å². The molecule has 0 saturated heterocycles. The van der Waals surface area contributed by atoms with E-state index in [1.54, 1.807) is 7.05 Å². The first-order valence-electron chi connectivity index (χ1n) is 12.6. The van der Waals surface area contributed by atoms with Crippen LogP contribution in [0, 0.1) is 0 Å². The summed E-state index contributed by atoms with van der Waals surface area (Å²) in [5.41, 5.74) is 0.0749. The maximum atomic E-state index is 12.9. The van der Waals surface area contributed by atoms with Crippen LogP contribution in [0.1, 0.15) is 81.3 Å². The van der Waals surface area contributed by atoms with Crippen molar-refractivity contribution in [2.45, 2.75) is 76.3 Å². The number of rotatable bonds is 14. The van der Waals surface area contributed by atoms with E-state index in [-0.39, 0.29) is 10.6 Å². The number of hydrogen-bond donors (Lipinski definition) is 3. The highest BCUT2D eigenvalue weighted by molar-refractivity contribution is 9.10. The molecule has 0 spiro atoms. The van der Waals surface area contributed by atoms with Gasteiger partial charge in [0.1, 0.15) is 0 Å². The lowest BCUT2D eigenvalue weighted by atomic mass is 10.1. The van der Waals surface area contributed by atoms with Gasteiger partial charge in [-0.1, -0.05) is 58.8 Å². The van der Waals surface area contributed by atoms with E-state index >= 15 is 0 Å².